The summed E-state index contributed by atoms with van der Waals surface area (Å²) in [6, 6.07) is 0. The second-order valence-electron chi connectivity index (χ2n) is 1.82. The summed E-state index contributed by atoms with van der Waals surface area (Å²) < 4.78 is 17.2. The van der Waals surface area contributed by atoms with E-state index < -0.39 is 11.8 Å². The van der Waals surface area contributed by atoms with Gasteiger partial charge in [-0.3, -0.25) is 0 Å². The Bertz CT molecular complexity index is 126. The Labute approximate surface area is 58.8 Å². The molecule has 0 radical (unpaired) electrons. The average Bonchev–Trinajstić information content (AvgIpc) is 1.88. The van der Waals surface area contributed by atoms with Crippen LogP contribution in [0.3, 0.4) is 0 Å². The van der Waals surface area contributed by atoms with Gasteiger partial charge in [-0.2, -0.15) is 4.39 Å². The second-order valence-corrected chi connectivity index (χ2v) is 1.82. The third-order valence-corrected chi connectivity index (χ3v) is 1.15. The fourth-order valence-electron chi connectivity index (χ4n) is 0.544. The van der Waals surface area contributed by atoms with Crippen molar-refractivity contribution in [1.82, 2.24) is 0 Å². The Morgan fingerprint density at radius 1 is 1.70 bits per heavy atom. The summed E-state index contributed by atoms with van der Waals surface area (Å²) in [4.78, 5) is 10.1. The number of halogens is 1. The number of aliphatic carboxylic acids is 1. The van der Waals surface area contributed by atoms with Gasteiger partial charge in [0.15, 0.2) is 0 Å². The molecule has 4 heteroatoms. The minimum Gasteiger partial charge on any atom is -0.477 e. The Morgan fingerprint density at radius 2 is 2.20 bits per heavy atom. The van der Waals surface area contributed by atoms with Crippen LogP contribution in [0.25, 0.3) is 0 Å². The van der Waals surface area contributed by atoms with Crippen molar-refractivity contribution in [2.24, 2.45) is 0 Å². The lowest BCUT2D eigenvalue weighted by Gasteiger charge is -2.17. The van der Waals surface area contributed by atoms with Crippen LogP contribution in [-0.4, -0.2) is 23.5 Å². The van der Waals surface area contributed by atoms with Gasteiger partial charge < -0.3 is 9.84 Å². The molecule has 0 bridgehead atoms. The predicted octanol–water partition coefficient (Wildman–Crippen LogP) is 1.18. The van der Waals surface area contributed by atoms with Crippen molar-refractivity contribution in [3.8, 4) is 0 Å². The summed E-state index contributed by atoms with van der Waals surface area (Å²) in [6.07, 6.45) is -0.170. The second kappa shape index (κ2) is 3.51. The molecule has 0 rings (SSSR count). The van der Waals surface area contributed by atoms with E-state index in [4.69, 9.17) is 5.11 Å². The smallest absolute Gasteiger partial charge is 0.369 e. The SMILES string of the molecule is CCOC(F)(CC)C(=O)O. The first-order valence-electron chi connectivity index (χ1n) is 3.13. The molecule has 0 aromatic carbocycles. The van der Waals surface area contributed by atoms with Crippen LogP contribution in [0, 0.1) is 0 Å². The zero-order chi connectivity index (χ0) is 8.20. The van der Waals surface area contributed by atoms with Crippen LogP contribution in [0.1, 0.15) is 20.3 Å². The predicted molar refractivity (Wildman–Crippen MR) is 33.4 cm³/mol. The quantitative estimate of drug-likeness (QED) is 0.654. The molecule has 0 aliphatic rings. The number of rotatable bonds is 4. The molecule has 0 spiro atoms. The van der Waals surface area contributed by atoms with Gasteiger partial charge in [0.25, 0.3) is 0 Å². The number of hydrogen-bond donors (Lipinski definition) is 1. The molecule has 10 heavy (non-hydrogen) atoms. The highest BCUT2D eigenvalue weighted by atomic mass is 19.2. The average molecular weight is 150 g/mol. The number of carboxylic acids is 1. The van der Waals surface area contributed by atoms with E-state index in [-0.39, 0.29) is 13.0 Å². The van der Waals surface area contributed by atoms with Gasteiger partial charge in [0, 0.05) is 13.0 Å². The molecule has 0 heterocycles. The van der Waals surface area contributed by atoms with Crippen LogP contribution in [0.5, 0.6) is 0 Å². The normalized spacial score (nSPS) is 16.3. The maximum atomic E-state index is 12.8. The number of carboxylic acid groups (broad SMARTS) is 1. The van der Waals surface area contributed by atoms with E-state index in [1.54, 1.807) is 6.92 Å². The van der Waals surface area contributed by atoms with E-state index in [9.17, 15) is 9.18 Å². The van der Waals surface area contributed by atoms with Gasteiger partial charge in [-0.05, 0) is 6.92 Å². The summed E-state index contributed by atoms with van der Waals surface area (Å²) in [5, 5.41) is 8.26. The molecule has 1 N–H and O–H groups in total. The topological polar surface area (TPSA) is 46.5 Å². The van der Waals surface area contributed by atoms with Gasteiger partial charge >= 0.3 is 11.8 Å². The van der Waals surface area contributed by atoms with Gasteiger partial charge in [-0.1, -0.05) is 6.92 Å². The molecular formula is C6H11FO3. The first kappa shape index (κ1) is 9.36. The van der Waals surface area contributed by atoms with E-state index in [0.717, 1.165) is 0 Å². The Balaban J connectivity index is 4.08. The minimum atomic E-state index is -2.49. The number of carbonyl (C=O) groups is 1. The number of ether oxygens (including phenoxy) is 1. The lowest BCUT2D eigenvalue weighted by atomic mass is 10.2. The molecule has 3 nitrogen and oxygen atoms in total. The highest BCUT2D eigenvalue weighted by molar-refractivity contribution is 5.75. The monoisotopic (exact) mass is 150 g/mol. The van der Waals surface area contributed by atoms with Crippen LogP contribution < -0.4 is 0 Å². The van der Waals surface area contributed by atoms with Crippen molar-refractivity contribution in [1.29, 1.82) is 0 Å². The highest BCUT2D eigenvalue weighted by Gasteiger charge is 2.37. The molecule has 1 atom stereocenters. The summed E-state index contributed by atoms with van der Waals surface area (Å²) in [7, 11) is 0. The van der Waals surface area contributed by atoms with E-state index in [1.165, 1.54) is 6.92 Å². The maximum Gasteiger partial charge on any atom is 0.369 e. The van der Waals surface area contributed by atoms with Gasteiger partial charge in [-0.25, -0.2) is 4.79 Å². The summed E-state index contributed by atoms with van der Waals surface area (Å²) in [5.41, 5.74) is 0. The minimum absolute atomic E-state index is 0.0661. The molecule has 0 aromatic heterocycles. The van der Waals surface area contributed by atoms with Crippen molar-refractivity contribution in [3.05, 3.63) is 0 Å². The molecule has 0 saturated heterocycles. The molecule has 0 saturated carbocycles. The lowest BCUT2D eigenvalue weighted by molar-refractivity contribution is -0.194. The summed E-state index contributed by atoms with van der Waals surface area (Å²) in [5.74, 6) is -4.05. The molecule has 0 fully saturated rings. The molecule has 0 amide bonds. The molecular weight excluding hydrogens is 139 g/mol. The first-order chi connectivity index (χ1) is 4.56. The van der Waals surface area contributed by atoms with Crippen LogP contribution >= 0.6 is 0 Å². The summed E-state index contributed by atoms with van der Waals surface area (Å²) >= 11 is 0. The fraction of sp³-hybridized carbons (Fsp3) is 0.833. The van der Waals surface area contributed by atoms with E-state index in [1.807, 2.05) is 0 Å². The highest BCUT2D eigenvalue weighted by Crippen LogP contribution is 2.17. The standard InChI is InChI=1S/C6H11FO3/c1-3-6(7,5(8)9)10-4-2/h3-4H2,1-2H3,(H,8,9). The van der Waals surface area contributed by atoms with Gasteiger partial charge in [0.05, 0.1) is 0 Å². The van der Waals surface area contributed by atoms with E-state index in [2.05, 4.69) is 4.74 Å². The Kier molecular flexibility index (Phi) is 3.28. The van der Waals surface area contributed by atoms with Gasteiger partial charge in [0.1, 0.15) is 0 Å². The zero-order valence-electron chi connectivity index (χ0n) is 6.06. The van der Waals surface area contributed by atoms with E-state index in [0.29, 0.717) is 0 Å². The third-order valence-electron chi connectivity index (χ3n) is 1.15. The van der Waals surface area contributed by atoms with Crippen LogP contribution in [-0.2, 0) is 9.53 Å². The molecule has 1 unspecified atom stereocenters. The first-order valence-corrected chi connectivity index (χ1v) is 3.13. The summed E-state index contributed by atoms with van der Waals surface area (Å²) in [6.45, 7) is 3.04. The van der Waals surface area contributed by atoms with Gasteiger partial charge in [-0.15, -0.1) is 0 Å². The number of hydrogen-bond acceptors (Lipinski definition) is 2. The fourth-order valence-corrected chi connectivity index (χ4v) is 0.544. The zero-order valence-corrected chi connectivity index (χ0v) is 6.06. The molecule has 0 aliphatic carbocycles. The molecule has 60 valence electrons. The van der Waals surface area contributed by atoms with Crippen LogP contribution in [0.2, 0.25) is 0 Å². The van der Waals surface area contributed by atoms with Crippen LogP contribution in [0.15, 0.2) is 0 Å². The van der Waals surface area contributed by atoms with Crippen molar-refractivity contribution in [2.75, 3.05) is 6.61 Å². The van der Waals surface area contributed by atoms with Crippen molar-refractivity contribution in [2.45, 2.75) is 26.1 Å². The van der Waals surface area contributed by atoms with Crippen LogP contribution in [0.4, 0.5) is 4.39 Å². The van der Waals surface area contributed by atoms with Crippen molar-refractivity contribution >= 4 is 5.97 Å². The van der Waals surface area contributed by atoms with E-state index >= 15 is 0 Å². The Morgan fingerprint density at radius 3 is 2.30 bits per heavy atom. The largest absolute Gasteiger partial charge is 0.477 e. The number of alkyl halides is 1. The molecule has 0 aliphatic heterocycles. The maximum absolute atomic E-state index is 12.8. The third kappa shape index (κ3) is 1.95. The van der Waals surface area contributed by atoms with Crippen molar-refractivity contribution < 1.29 is 19.0 Å². The Hall–Kier alpha value is -0.640. The molecule has 0 aromatic rings. The van der Waals surface area contributed by atoms with Crippen molar-refractivity contribution in [3.63, 3.8) is 0 Å². The van der Waals surface area contributed by atoms with Gasteiger partial charge in [0.2, 0.25) is 0 Å². The lowest BCUT2D eigenvalue weighted by Crippen LogP contribution is -2.35.